The molecule has 1 aromatic carbocycles. The van der Waals surface area contributed by atoms with Crippen LogP contribution in [-0.2, 0) is 20.7 Å². The van der Waals surface area contributed by atoms with Gasteiger partial charge in [0.15, 0.2) is 6.29 Å². The second-order valence-electron chi connectivity index (χ2n) is 4.75. The van der Waals surface area contributed by atoms with E-state index in [1.54, 1.807) is 23.9 Å². The van der Waals surface area contributed by atoms with Crippen LogP contribution in [0, 0.1) is 0 Å². The predicted molar refractivity (Wildman–Crippen MR) is 89.0 cm³/mol. The number of benzene rings is 1. The van der Waals surface area contributed by atoms with Crippen molar-refractivity contribution in [1.82, 2.24) is 5.32 Å². The van der Waals surface area contributed by atoms with E-state index >= 15 is 0 Å². The maximum absolute atomic E-state index is 11.6. The Morgan fingerprint density at radius 1 is 1.41 bits per heavy atom. The first-order valence-electron chi connectivity index (χ1n) is 7.04. The standard InChI is InChI=1S/C15H24N2O4S/c1-20-15(21-2)9-17-14(19)10-22-7-3-4-11-5-6-13(18)12(16)8-11/h5-6,8,15,18H,3-4,7,9-10,16H2,1-2H3,(H,17,19). The van der Waals surface area contributed by atoms with E-state index in [1.165, 1.54) is 14.2 Å². The Bertz CT molecular complexity index is 467. The van der Waals surface area contributed by atoms with Gasteiger partial charge < -0.3 is 25.6 Å². The molecule has 0 aliphatic carbocycles. The number of hydrogen-bond acceptors (Lipinski definition) is 6. The summed E-state index contributed by atoms with van der Waals surface area (Å²) in [6.45, 7) is 0.346. The van der Waals surface area contributed by atoms with Crippen molar-refractivity contribution in [1.29, 1.82) is 0 Å². The molecule has 124 valence electrons. The molecule has 0 saturated carbocycles. The smallest absolute Gasteiger partial charge is 0.230 e. The summed E-state index contributed by atoms with van der Waals surface area (Å²) >= 11 is 1.58. The van der Waals surface area contributed by atoms with Gasteiger partial charge in [0.2, 0.25) is 5.91 Å². The van der Waals surface area contributed by atoms with Crippen molar-refractivity contribution in [3.63, 3.8) is 0 Å². The first kappa shape index (κ1) is 18.6. The SMILES string of the molecule is COC(CNC(=O)CSCCCc1ccc(O)c(N)c1)OC. The minimum absolute atomic E-state index is 0.0297. The van der Waals surface area contributed by atoms with E-state index in [-0.39, 0.29) is 11.7 Å². The van der Waals surface area contributed by atoms with Crippen molar-refractivity contribution in [2.45, 2.75) is 19.1 Å². The number of ether oxygens (including phenoxy) is 2. The lowest BCUT2D eigenvalue weighted by Gasteiger charge is -2.13. The minimum atomic E-state index is -0.408. The molecule has 1 rings (SSSR count). The summed E-state index contributed by atoms with van der Waals surface area (Å²) in [5, 5.41) is 12.1. The zero-order valence-electron chi connectivity index (χ0n) is 13.0. The van der Waals surface area contributed by atoms with Gasteiger partial charge in [0.05, 0.1) is 18.0 Å². The summed E-state index contributed by atoms with van der Waals surface area (Å²) in [7, 11) is 3.07. The number of anilines is 1. The molecule has 0 radical (unpaired) electrons. The number of carbonyl (C=O) groups is 1. The highest BCUT2D eigenvalue weighted by Gasteiger charge is 2.07. The largest absolute Gasteiger partial charge is 0.506 e. The lowest BCUT2D eigenvalue weighted by molar-refractivity contribution is -0.125. The van der Waals surface area contributed by atoms with Crippen LogP contribution in [0.15, 0.2) is 18.2 Å². The second-order valence-corrected chi connectivity index (χ2v) is 5.86. The molecule has 1 amide bonds. The molecular formula is C15H24N2O4S. The van der Waals surface area contributed by atoms with Crippen molar-refractivity contribution in [2.24, 2.45) is 0 Å². The minimum Gasteiger partial charge on any atom is -0.506 e. The van der Waals surface area contributed by atoms with Crippen LogP contribution in [0.1, 0.15) is 12.0 Å². The van der Waals surface area contributed by atoms with Crippen molar-refractivity contribution in [3.8, 4) is 5.75 Å². The van der Waals surface area contributed by atoms with E-state index in [4.69, 9.17) is 15.2 Å². The number of nitrogen functional groups attached to an aromatic ring is 1. The van der Waals surface area contributed by atoms with E-state index in [9.17, 15) is 9.90 Å². The van der Waals surface area contributed by atoms with Crippen molar-refractivity contribution in [3.05, 3.63) is 23.8 Å². The van der Waals surface area contributed by atoms with E-state index in [2.05, 4.69) is 5.32 Å². The third-order valence-electron chi connectivity index (χ3n) is 3.07. The summed E-state index contributed by atoms with van der Waals surface area (Å²) in [6.07, 6.45) is 1.41. The first-order valence-corrected chi connectivity index (χ1v) is 8.19. The highest BCUT2D eigenvalue weighted by atomic mass is 32.2. The molecule has 0 aliphatic rings. The zero-order valence-corrected chi connectivity index (χ0v) is 13.8. The van der Waals surface area contributed by atoms with Gasteiger partial charge in [0, 0.05) is 14.2 Å². The fraction of sp³-hybridized carbons (Fsp3) is 0.533. The Morgan fingerprint density at radius 3 is 2.77 bits per heavy atom. The first-order chi connectivity index (χ1) is 10.6. The fourth-order valence-corrected chi connectivity index (χ4v) is 2.59. The highest BCUT2D eigenvalue weighted by molar-refractivity contribution is 7.99. The normalized spacial score (nSPS) is 10.9. The number of rotatable bonds is 10. The lowest BCUT2D eigenvalue weighted by atomic mass is 10.1. The number of carbonyl (C=O) groups excluding carboxylic acids is 1. The van der Waals surface area contributed by atoms with Gasteiger partial charge in [-0.3, -0.25) is 4.79 Å². The average molecular weight is 328 g/mol. The van der Waals surface area contributed by atoms with Gasteiger partial charge in [-0.15, -0.1) is 0 Å². The number of thioether (sulfide) groups is 1. The number of nitrogens with one attached hydrogen (secondary N) is 1. The second kappa shape index (κ2) is 10.3. The third-order valence-corrected chi connectivity index (χ3v) is 4.11. The summed E-state index contributed by atoms with van der Waals surface area (Å²) in [5.74, 6) is 1.38. The van der Waals surface area contributed by atoms with Gasteiger partial charge in [0.1, 0.15) is 5.75 Å². The number of phenols is 1. The maximum Gasteiger partial charge on any atom is 0.230 e. The Balaban J connectivity index is 2.12. The Hall–Kier alpha value is -1.44. The molecule has 0 unspecified atom stereocenters. The molecule has 0 fully saturated rings. The topological polar surface area (TPSA) is 93.8 Å². The maximum atomic E-state index is 11.6. The molecule has 7 heteroatoms. The van der Waals surface area contributed by atoms with Gasteiger partial charge >= 0.3 is 0 Å². The number of aromatic hydroxyl groups is 1. The predicted octanol–water partition coefficient (Wildman–Crippen LogP) is 1.38. The van der Waals surface area contributed by atoms with Crippen LogP contribution in [0.2, 0.25) is 0 Å². The Morgan fingerprint density at radius 2 is 2.14 bits per heavy atom. The van der Waals surface area contributed by atoms with E-state index in [0.29, 0.717) is 18.0 Å². The zero-order chi connectivity index (χ0) is 16.4. The number of phenolic OH excluding ortho intramolecular Hbond substituents is 1. The van der Waals surface area contributed by atoms with Crippen LogP contribution in [0.5, 0.6) is 5.75 Å². The summed E-state index contributed by atoms with van der Waals surface area (Å²) < 4.78 is 9.98. The molecule has 0 bridgehead atoms. The number of nitrogens with two attached hydrogens (primary N) is 1. The molecule has 0 aliphatic heterocycles. The summed E-state index contributed by atoms with van der Waals surface area (Å²) in [6, 6.07) is 5.24. The van der Waals surface area contributed by atoms with Crippen LogP contribution < -0.4 is 11.1 Å². The lowest BCUT2D eigenvalue weighted by Crippen LogP contribution is -2.35. The number of aryl methyl sites for hydroxylation is 1. The number of methoxy groups -OCH3 is 2. The summed E-state index contributed by atoms with van der Waals surface area (Å²) in [5.41, 5.74) is 7.13. The molecule has 0 aromatic heterocycles. The monoisotopic (exact) mass is 328 g/mol. The molecule has 0 heterocycles. The van der Waals surface area contributed by atoms with Gasteiger partial charge in [-0.1, -0.05) is 6.07 Å². The van der Waals surface area contributed by atoms with Crippen LogP contribution in [0.25, 0.3) is 0 Å². The molecule has 22 heavy (non-hydrogen) atoms. The van der Waals surface area contributed by atoms with Crippen LogP contribution >= 0.6 is 11.8 Å². The average Bonchev–Trinajstić information content (AvgIpc) is 2.51. The fourth-order valence-electron chi connectivity index (χ4n) is 1.81. The molecule has 0 spiro atoms. The van der Waals surface area contributed by atoms with E-state index in [1.807, 2.05) is 6.07 Å². The molecule has 0 saturated heterocycles. The highest BCUT2D eigenvalue weighted by Crippen LogP contribution is 2.21. The Labute approximate surface area is 135 Å². The van der Waals surface area contributed by atoms with Crippen molar-refractivity contribution in [2.75, 3.05) is 38.0 Å². The van der Waals surface area contributed by atoms with Gasteiger partial charge in [-0.05, 0) is 36.3 Å². The van der Waals surface area contributed by atoms with E-state index in [0.717, 1.165) is 24.2 Å². The quantitative estimate of drug-likeness (QED) is 0.260. The molecule has 0 atom stereocenters. The van der Waals surface area contributed by atoms with Gasteiger partial charge in [0.25, 0.3) is 0 Å². The van der Waals surface area contributed by atoms with Crippen LogP contribution in [0.4, 0.5) is 5.69 Å². The van der Waals surface area contributed by atoms with Crippen molar-refractivity contribution >= 4 is 23.4 Å². The van der Waals surface area contributed by atoms with Crippen LogP contribution in [0.3, 0.4) is 0 Å². The van der Waals surface area contributed by atoms with Gasteiger partial charge in [-0.2, -0.15) is 11.8 Å². The van der Waals surface area contributed by atoms with Crippen LogP contribution in [-0.4, -0.2) is 49.6 Å². The Kier molecular flexibility index (Phi) is 8.72. The third kappa shape index (κ3) is 7.02. The molecule has 6 nitrogen and oxygen atoms in total. The number of amides is 1. The van der Waals surface area contributed by atoms with Gasteiger partial charge in [-0.25, -0.2) is 0 Å². The number of hydrogen-bond donors (Lipinski definition) is 3. The molecule has 1 aromatic rings. The molecular weight excluding hydrogens is 304 g/mol. The van der Waals surface area contributed by atoms with E-state index < -0.39 is 6.29 Å². The molecule has 4 N–H and O–H groups in total. The summed E-state index contributed by atoms with van der Waals surface area (Å²) in [4.78, 5) is 11.6. The van der Waals surface area contributed by atoms with Crippen molar-refractivity contribution < 1.29 is 19.4 Å².